The van der Waals surface area contributed by atoms with Gasteiger partial charge in [-0.05, 0) is 25.3 Å². The lowest BCUT2D eigenvalue weighted by Gasteiger charge is -2.11. The molecule has 0 aliphatic carbocycles. The van der Waals surface area contributed by atoms with Crippen LogP contribution in [0.4, 0.5) is 0 Å². The van der Waals surface area contributed by atoms with Crippen LogP contribution in [-0.2, 0) is 16.6 Å². The Bertz CT molecular complexity index is 565. The summed E-state index contributed by atoms with van der Waals surface area (Å²) in [5.41, 5.74) is 2.81. The minimum absolute atomic E-state index is 0.434. The minimum Gasteiger partial charge on any atom is -0.496 e. The topological polar surface area (TPSA) is 39.2 Å². The molecule has 96 valence electrons. The Hall–Kier alpha value is -1.20. The highest BCUT2D eigenvalue weighted by atomic mass is 32.2. The van der Waals surface area contributed by atoms with Gasteiger partial charge in [0.15, 0.2) is 0 Å². The summed E-state index contributed by atoms with van der Waals surface area (Å²) in [5, 5.41) is 1.93. The Kier molecular flexibility index (Phi) is 4.14. The highest BCUT2D eigenvalue weighted by Gasteiger charge is 2.13. The monoisotopic (exact) mass is 281 g/mol. The van der Waals surface area contributed by atoms with E-state index in [9.17, 15) is 4.21 Å². The van der Waals surface area contributed by atoms with E-state index in [-0.39, 0.29) is 0 Å². The molecule has 0 saturated heterocycles. The van der Waals surface area contributed by atoms with Crippen molar-refractivity contribution in [2.75, 3.05) is 7.11 Å². The fourth-order valence-corrected chi connectivity index (χ4v) is 3.94. The fourth-order valence-electron chi connectivity index (χ4n) is 1.80. The normalized spacial score (nSPS) is 12.4. The molecule has 18 heavy (non-hydrogen) atoms. The molecule has 0 N–H and O–H groups in total. The summed E-state index contributed by atoms with van der Waals surface area (Å²) in [6, 6.07) is 3.80. The number of hydrogen-bond donors (Lipinski definition) is 0. The number of methoxy groups -OCH3 is 1. The first-order valence-electron chi connectivity index (χ1n) is 5.54. The number of aromatic nitrogens is 1. The molecule has 2 heterocycles. The molecule has 0 bridgehead atoms. The fraction of sp³-hybridized carbons (Fsp3) is 0.308. The van der Waals surface area contributed by atoms with Gasteiger partial charge in [-0.15, -0.1) is 11.3 Å². The first kappa shape index (κ1) is 13.2. The SMILES string of the molecule is COc1c(C)cnc(CS(=O)c2cccs2)c1C. The summed E-state index contributed by atoms with van der Waals surface area (Å²) in [6.45, 7) is 3.92. The second-order valence-corrected chi connectivity index (χ2v) is 6.59. The standard InChI is InChI=1S/C13H15NO2S2/c1-9-7-14-11(10(2)13(9)16-3)8-18(15)12-5-4-6-17-12/h4-7H,8H2,1-3H3. The van der Waals surface area contributed by atoms with Gasteiger partial charge >= 0.3 is 0 Å². The lowest BCUT2D eigenvalue weighted by molar-refractivity contribution is 0.407. The van der Waals surface area contributed by atoms with Crippen LogP contribution in [0.1, 0.15) is 16.8 Å². The largest absolute Gasteiger partial charge is 0.496 e. The summed E-state index contributed by atoms with van der Waals surface area (Å²) < 4.78 is 18.4. The van der Waals surface area contributed by atoms with Crippen molar-refractivity contribution in [1.29, 1.82) is 0 Å². The number of pyridine rings is 1. The van der Waals surface area contributed by atoms with Crippen molar-refractivity contribution in [2.24, 2.45) is 0 Å². The molecule has 0 amide bonds. The molecule has 5 heteroatoms. The molecule has 2 aromatic heterocycles. The maximum atomic E-state index is 12.2. The molecule has 2 aromatic rings. The van der Waals surface area contributed by atoms with Crippen LogP contribution < -0.4 is 4.74 Å². The lowest BCUT2D eigenvalue weighted by atomic mass is 10.1. The first-order valence-corrected chi connectivity index (χ1v) is 7.74. The van der Waals surface area contributed by atoms with Crippen LogP contribution in [0, 0.1) is 13.8 Å². The van der Waals surface area contributed by atoms with Gasteiger partial charge < -0.3 is 4.74 Å². The minimum atomic E-state index is -1.03. The zero-order valence-corrected chi connectivity index (χ0v) is 12.2. The zero-order chi connectivity index (χ0) is 13.1. The van der Waals surface area contributed by atoms with Crippen LogP contribution in [0.25, 0.3) is 0 Å². The van der Waals surface area contributed by atoms with Crippen LogP contribution in [-0.4, -0.2) is 16.3 Å². The van der Waals surface area contributed by atoms with E-state index in [4.69, 9.17) is 4.74 Å². The van der Waals surface area contributed by atoms with E-state index in [2.05, 4.69) is 4.98 Å². The van der Waals surface area contributed by atoms with Crippen molar-refractivity contribution in [3.8, 4) is 5.75 Å². The van der Waals surface area contributed by atoms with Crippen molar-refractivity contribution < 1.29 is 8.95 Å². The number of aryl methyl sites for hydroxylation is 1. The van der Waals surface area contributed by atoms with E-state index < -0.39 is 10.8 Å². The molecule has 3 nitrogen and oxygen atoms in total. The predicted octanol–water partition coefficient (Wildman–Crippen LogP) is 3.08. The van der Waals surface area contributed by atoms with Crippen LogP contribution in [0.5, 0.6) is 5.75 Å². The van der Waals surface area contributed by atoms with Gasteiger partial charge in [-0.1, -0.05) is 6.07 Å². The molecule has 0 aliphatic rings. The summed E-state index contributed by atoms with van der Waals surface area (Å²) in [4.78, 5) is 4.37. The molecule has 0 aromatic carbocycles. The Morgan fingerprint density at radius 2 is 2.22 bits per heavy atom. The van der Waals surface area contributed by atoms with Crippen LogP contribution in [0.15, 0.2) is 27.9 Å². The number of ether oxygens (including phenoxy) is 1. The highest BCUT2D eigenvalue weighted by Crippen LogP contribution is 2.26. The van der Waals surface area contributed by atoms with Gasteiger partial charge in [0.25, 0.3) is 0 Å². The molecule has 2 rings (SSSR count). The number of nitrogens with zero attached hydrogens (tertiary/aromatic N) is 1. The van der Waals surface area contributed by atoms with E-state index in [0.29, 0.717) is 5.75 Å². The molecule has 0 fully saturated rings. The quantitative estimate of drug-likeness (QED) is 0.864. The zero-order valence-electron chi connectivity index (χ0n) is 10.6. The Morgan fingerprint density at radius 1 is 1.44 bits per heavy atom. The second kappa shape index (κ2) is 5.63. The third-order valence-corrected chi connectivity index (χ3v) is 5.37. The third kappa shape index (κ3) is 2.62. The van der Waals surface area contributed by atoms with E-state index in [0.717, 1.165) is 26.8 Å². The van der Waals surface area contributed by atoms with Crippen molar-refractivity contribution in [3.63, 3.8) is 0 Å². The lowest BCUT2D eigenvalue weighted by Crippen LogP contribution is -2.03. The average molecular weight is 281 g/mol. The Morgan fingerprint density at radius 3 is 2.83 bits per heavy atom. The Labute approximate surface area is 113 Å². The van der Waals surface area contributed by atoms with Crippen LogP contribution in [0.2, 0.25) is 0 Å². The molecular weight excluding hydrogens is 266 g/mol. The van der Waals surface area contributed by atoms with Crippen LogP contribution in [0.3, 0.4) is 0 Å². The predicted molar refractivity (Wildman–Crippen MR) is 74.7 cm³/mol. The number of hydrogen-bond acceptors (Lipinski definition) is 4. The average Bonchev–Trinajstić information content (AvgIpc) is 2.87. The molecular formula is C13H15NO2S2. The first-order chi connectivity index (χ1) is 8.63. The Balaban J connectivity index is 2.27. The molecule has 0 radical (unpaired) electrons. The van der Waals surface area contributed by atoms with Crippen molar-refractivity contribution in [1.82, 2.24) is 4.98 Å². The van der Waals surface area contributed by atoms with Gasteiger partial charge in [0.2, 0.25) is 0 Å². The van der Waals surface area contributed by atoms with Gasteiger partial charge in [0.05, 0.1) is 33.6 Å². The van der Waals surface area contributed by atoms with E-state index in [1.54, 1.807) is 13.3 Å². The molecule has 1 atom stereocenters. The van der Waals surface area contributed by atoms with E-state index >= 15 is 0 Å². The smallest absolute Gasteiger partial charge is 0.128 e. The van der Waals surface area contributed by atoms with Gasteiger partial charge in [0, 0.05) is 17.3 Å². The van der Waals surface area contributed by atoms with Crippen LogP contribution >= 0.6 is 11.3 Å². The highest BCUT2D eigenvalue weighted by molar-refractivity contribution is 7.86. The second-order valence-electron chi connectivity index (χ2n) is 3.97. The molecule has 0 aliphatic heterocycles. The van der Waals surface area contributed by atoms with Crippen molar-refractivity contribution in [3.05, 3.63) is 40.5 Å². The molecule has 1 unspecified atom stereocenters. The summed E-state index contributed by atoms with van der Waals surface area (Å²) in [5.74, 6) is 1.27. The molecule has 0 saturated carbocycles. The maximum absolute atomic E-state index is 12.2. The summed E-state index contributed by atoms with van der Waals surface area (Å²) in [6.07, 6.45) is 1.77. The van der Waals surface area contributed by atoms with Gasteiger partial charge in [-0.3, -0.25) is 9.19 Å². The number of thiophene rings is 1. The van der Waals surface area contributed by atoms with Gasteiger partial charge in [0.1, 0.15) is 5.75 Å². The third-order valence-electron chi connectivity index (χ3n) is 2.74. The van der Waals surface area contributed by atoms with Crippen molar-refractivity contribution >= 4 is 22.1 Å². The summed E-state index contributed by atoms with van der Waals surface area (Å²) >= 11 is 1.51. The van der Waals surface area contributed by atoms with Crippen molar-refractivity contribution in [2.45, 2.75) is 23.8 Å². The maximum Gasteiger partial charge on any atom is 0.128 e. The molecule has 0 spiro atoms. The van der Waals surface area contributed by atoms with E-state index in [1.807, 2.05) is 31.4 Å². The van der Waals surface area contributed by atoms with E-state index in [1.165, 1.54) is 11.3 Å². The summed E-state index contributed by atoms with van der Waals surface area (Å²) in [7, 11) is 0.618. The van der Waals surface area contributed by atoms with Gasteiger partial charge in [-0.25, -0.2) is 0 Å². The number of rotatable bonds is 4. The van der Waals surface area contributed by atoms with Gasteiger partial charge in [-0.2, -0.15) is 0 Å².